The highest BCUT2D eigenvalue weighted by Gasteiger charge is 2.24. The summed E-state index contributed by atoms with van der Waals surface area (Å²) in [6.07, 6.45) is -0.859. The third-order valence-corrected chi connectivity index (χ3v) is 3.57. The topological polar surface area (TPSA) is 72.8 Å². The number of aliphatic hydroxyl groups excluding tert-OH is 1. The van der Waals surface area contributed by atoms with Crippen LogP contribution in [0.1, 0.15) is 33.3 Å². The Morgan fingerprint density at radius 1 is 1.30 bits per heavy atom. The molecule has 0 aromatic heterocycles. The molecule has 0 heterocycles. The summed E-state index contributed by atoms with van der Waals surface area (Å²) in [6, 6.07) is 4.78. The van der Waals surface area contributed by atoms with E-state index in [1.807, 2.05) is 27.7 Å². The Kier molecular flexibility index (Phi) is 5.18. The third kappa shape index (κ3) is 5.11. The Hall–Kier alpha value is -1.11. The zero-order chi connectivity index (χ0) is 15.6. The van der Waals surface area contributed by atoms with E-state index in [9.17, 15) is 8.42 Å². The molecule has 1 rings (SSSR count). The van der Waals surface area contributed by atoms with Crippen molar-refractivity contribution >= 4 is 10.1 Å². The van der Waals surface area contributed by atoms with E-state index in [2.05, 4.69) is 0 Å². The van der Waals surface area contributed by atoms with Gasteiger partial charge in [-0.15, -0.1) is 0 Å². The van der Waals surface area contributed by atoms with Crippen LogP contribution in [0.4, 0.5) is 0 Å². The second-order valence-electron chi connectivity index (χ2n) is 5.75. The lowest BCUT2D eigenvalue weighted by Gasteiger charge is -2.23. The Labute approximate surface area is 120 Å². The Bertz CT molecular complexity index is 555. The largest absolute Gasteiger partial charge is 0.487 e. The van der Waals surface area contributed by atoms with Gasteiger partial charge >= 0.3 is 10.1 Å². The molecule has 0 aliphatic carbocycles. The van der Waals surface area contributed by atoms with Crippen LogP contribution in [0.3, 0.4) is 0 Å². The molecule has 0 saturated carbocycles. The Morgan fingerprint density at radius 3 is 2.40 bits per heavy atom. The van der Waals surface area contributed by atoms with Crippen molar-refractivity contribution in [3.05, 3.63) is 23.8 Å². The lowest BCUT2D eigenvalue weighted by molar-refractivity contribution is 0.119. The highest BCUT2D eigenvalue weighted by molar-refractivity contribution is 7.86. The lowest BCUT2D eigenvalue weighted by Crippen LogP contribution is -2.25. The summed E-state index contributed by atoms with van der Waals surface area (Å²) in [6.45, 7) is 8.53. The quantitative estimate of drug-likeness (QED) is 0.845. The van der Waals surface area contributed by atoms with Crippen LogP contribution in [0, 0.1) is 6.92 Å². The highest BCUT2D eigenvalue weighted by Crippen LogP contribution is 2.29. The number of aliphatic hydroxyl groups is 1. The average Bonchev–Trinajstić information content (AvgIpc) is 2.24. The highest BCUT2D eigenvalue weighted by atomic mass is 32.2. The molecule has 0 aliphatic heterocycles. The number of aryl methyl sites for hydroxylation is 1. The Morgan fingerprint density at radius 2 is 1.90 bits per heavy atom. The van der Waals surface area contributed by atoms with Crippen molar-refractivity contribution in [3.8, 4) is 5.75 Å². The third-order valence-electron chi connectivity index (χ3n) is 2.25. The molecule has 0 fully saturated rings. The van der Waals surface area contributed by atoms with E-state index >= 15 is 0 Å². The fourth-order valence-corrected chi connectivity index (χ4v) is 2.57. The zero-order valence-corrected chi connectivity index (χ0v) is 13.3. The summed E-state index contributed by atoms with van der Waals surface area (Å²) in [5.41, 5.74) is 0.362. The minimum absolute atomic E-state index is 0.0290. The van der Waals surface area contributed by atoms with Crippen LogP contribution >= 0.6 is 0 Å². The van der Waals surface area contributed by atoms with Gasteiger partial charge in [0.2, 0.25) is 0 Å². The first-order valence-electron chi connectivity index (χ1n) is 6.38. The average molecular weight is 302 g/mol. The van der Waals surface area contributed by atoms with E-state index in [0.717, 1.165) is 5.56 Å². The molecule has 0 bridgehead atoms. The molecule has 1 aromatic rings. The molecule has 5 nitrogen and oxygen atoms in total. The van der Waals surface area contributed by atoms with Crippen LogP contribution in [0.25, 0.3) is 0 Å². The first kappa shape index (κ1) is 16.9. The van der Waals surface area contributed by atoms with Crippen LogP contribution in [0.15, 0.2) is 23.1 Å². The summed E-state index contributed by atoms with van der Waals surface area (Å²) in [7, 11) is -3.96. The molecule has 0 saturated heterocycles. The van der Waals surface area contributed by atoms with Crippen molar-refractivity contribution in [2.75, 3.05) is 6.61 Å². The molecular formula is C14H22O5S. The van der Waals surface area contributed by atoms with Gasteiger partial charge in [-0.3, -0.25) is 4.18 Å². The van der Waals surface area contributed by atoms with Crippen molar-refractivity contribution in [3.63, 3.8) is 0 Å². The Balaban J connectivity index is 3.17. The number of hydrogen-bond donors (Lipinski definition) is 1. The summed E-state index contributed by atoms with van der Waals surface area (Å²) in [5.74, 6) is 0.253. The van der Waals surface area contributed by atoms with Crippen molar-refractivity contribution in [2.45, 2.75) is 51.2 Å². The molecule has 1 N–H and O–H groups in total. The molecule has 0 amide bonds. The van der Waals surface area contributed by atoms with Crippen molar-refractivity contribution in [2.24, 2.45) is 0 Å². The molecular weight excluding hydrogens is 280 g/mol. The van der Waals surface area contributed by atoms with E-state index in [0.29, 0.717) is 0 Å². The van der Waals surface area contributed by atoms with Gasteiger partial charge in [0.25, 0.3) is 0 Å². The SMILES string of the molecule is Cc1ccc(S(=O)(=O)OCC(C)O)c(OC(C)(C)C)c1. The predicted molar refractivity (Wildman–Crippen MR) is 76.4 cm³/mol. The summed E-state index contributed by atoms with van der Waals surface area (Å²) in [4.78, 5) is -0.0290. The van der Waals surface area contributed by atoms with Gasteiger partial charge in [0.15, 0.2) is 0 Å². The van der Waals surface area contributed by atoms with Crippen LogP contribution in [0.5, 0.6) is 5.75 Å². The maximum absolute atomic E-state index is 12.1. The number of rotatable bonds is 5. The number of hydrogen-bond acceptors (Lipinski definition) is 5. The summed E-state index contributed by atoms with van der Waals surface area (Å²) < 4.78 is 34.8. The van der Waals surface area contributed by atoms with Gasteiger partial charge < -0.3 is 9.84 Å². The van der Waals surface area contributed by atoms with Crippen LogP contribution < -0.4 is 4.74 Å². The van der Waals surface area contributed by atoms with E-state index in [-0.39, 0.29) is 17.3 Å². The van der Waals surface area contributed by atoms with Gasteiger partial charge in [-0.05, 0) is 52.3 Å². The van der Waals surface area contributed by atoms with Gasteiger partial charge in [-0.2, -0.15) is 8.42 Å². The molecule has 0 spiro atoms. The van der Waals surface area contributed by atoms with Gasteiger partial charge in [-0.1, -0.05) is 6.07 Å². The van der Waals surface area contributed by atoms with E-state index in [1.165, 1.54) is 13.0 Å². The maximum atomic E-state index is 12.1. The second-order valence-corrected chi connectivity index (χ2v) is 7.34. The van der Waals surface area contributed by atoms with Gasteiger partial charge in [-0.25, -0.2) is 0 Å². The van der Waals surface area contributed by atoms with Crippen molar-refractivity contribution in [1.29, 1.82) is 0 Å². The van der Waals surface area contributed by atoms with Gasteiger partial charge in [0, 0.05) is 0 Å². The zero-order valence-electron chi connectivity index (χ0n) is 12.5. The number of benzene rings is 1. The molecule has 6 heteroatoms. The minimum atomic E-state index is -3.96. The van der Waals surface area contributed by atoms with Crippen LogP contribution in [-0.2, 0) is 14.3 Å². The first-order chi connectivity index (χ1) is 9.01. The summed E-state index contributed by atoms with van der Waals surface area (Å²) in [5, 5.41) is 9.14. The minimum Gasteiger partial charge on any atom is -0.487 e. The standard InChI is InChI=1S/C14H22O5S/c1-10-6-7-13(12(8-10)19-14(3,4)5)20(16,17)18-9-11(2)15/h6-8,11,15H,9H2,1-5H3. The number of ether oxygens (including phenoxy) is 1. The molecule has 20 heavy (non-hydrogen) atoms. The smallest absolute Gasteiger partial charge is 0.300 e. The molecule has 1 atom stereocenters. The normalized spacial score (nSPS) is 14.1. The fourth-order valence-electron chi connectivity index (χ4n) is 1.48. The molecule has 1 unspecified atom stereocenters. The molecule has 0 aliphatic rings. The first-order valence-corrected chi connectivity index (χ1v) is 7.79. The van der Waals surface area contributed by atoms with Crippen LogP contribution in [0.2, 0.25) is 0 Å². The monoisotopic (exact) mass is 302 g/mol. The molecule has 0 radical (unpaired) electrons. The lowest BCUT2D eigenvalue weighted by atomic mass is 10.2. The van der Waals surface area contributed by atoms with Gasteiger partial charge in [0.05, 0.1) is 12.7 Å². The summed E-state index contributed by atoms with van der Waals surface area (Å²) >= 11 is 0. The van der Waals surface area contributed by atoms with E-state index in [1.54, 1.807) is 12.1 Å². The van der Waals surface area contributed by atoms with Gasteiger partial charge in [0.1, 0.15) is 16.2 Å². The van der Waals surface area contributed by atoms with Crippen molar-refractivity contribution < 1.29 is 22.4 Å². The van der Waals surface area contributed by atoms with Crippen LogP contribution in [-0.4, -0.2) is 31.8 Å². The molecule has 114 valence electrons. The second kappa shape index (κ2) is 6.11. The van der Waals surface area contributed by atoms with E-state index in [4.69, 9.17) is 14.0 Å². The maximum Gasteiger partial charge on any atom is 0.300 e. The fraction of sp³-hybridized carbons (Fsp3) is 0.571. The predicted octanol–water partition coefficient (Wildman–Crippen LogP) is 2.26. The van der Waals surface area contributed by atoms with E-state index < -0.39 is 21.8 Å². The van der Waals surface area contributed by atoms with Crippen molar-refractivity contribution in [1.82, 2.24) is 0 Å². The molecule has 1 aromatic carbocycles.